The van der Waals surface area contributed by atoms with E-state index in [9.17, 15) is 4.79 Å². The molecule has 3 nitrogen and oxygen atoms in total. The van der Waals surface area contributed by atoms with Gasteiger partial charge in [0.2, 0.25) is 5.91 Å². The maximum absolute atomic E-state index is 12.6. The Morgan fingerprint density at radius 2 is 1.62 bits per heavy atom. The average Bonchev–Trinajstić information content (AvgIpc) is 2.77. The Kier molecular flexibility index (Phi) is 8.03. The molecule has 1 N–H and O–H groups in total. The lowest BCUT2D eigenvalue weighted by Gasteiger charge is -2.20. The van der Waals surface area contributed by atoms with Crippen molar-refractivity contribution in [3.63, 3.8) is 0 Å². The molecule has 0 spiro atoms. The van der Waals surface area contributed by atoms with Crippen molar-refractivity contribution in [2.75, 3.05) is 12.9 Å². The van der Waals surface area contributed by atoms with E-state index in [0.717, 1.165) is 39.0 Å². The first kappa shape index (κ1) is 21.3. The number of rotatable bonds is 9. The van der Waals surface area contributed by atoms with E-state index in [2.05, 4.69) is 5.32 Å². The number of halogens is 1. The van der Waals surface area contributed by atoms with Gasteiger partial charge in [0, 0.05) is 16.3 Å². The summed E-state index contributed by atoms with van der Waals surface area (Å²) in [5.74, 6) is 1.73. The SMILES string of the molecule is COc1ccc(C(NC(=O)CCCSc2ccc(Cl)cc2)c2ccccc2)cc1. The zero-order valence-corrected chi connectivity index (χ0v) is 17.9. The second kappa shape index (κ2) is 10.9. The van der Waals surface area contributed by atoms with Gasteiger partial charge in [0.1, 0.15) is 5.75 Å². The predicted octanol–water partition coefficient (Wildman–Crippen LogP) is 6.13. The number of hydrogen-bond donors (Lipinski definition) is 1. The molecule has 0 aliphatic carbocycles. The van der Waals surface area contributed by atoms with Crippen molar-refractivity contribution in [2.45, 2.75) is 23.8 Å². The molecule has 1 unspecified atom stereocenters. The van der Waals surface area contributed by atoms with Gasteiger partial charge in [-0.25, -0.2) is 0 Å². The maximum atomic E-state index is 12.6. The molecule has 0 radical (unpaired) electrons. The summed E-state index contributed by atoms with van der Waals surface area (Å²) < 4.78 is 5.25. The molecule has 0 saturated heterocycles. The molecule has 150 valence electrons. The van der Waals surface area contributed by atoms with Crippen molar-refractivity contribution in [1.29, 1.82) is 0 Å². The number of methoxy groups -OCH3 is 1. The average molecular weight is 426 g/mol. The zero-order chi connectivity index (χ0) is 20.5. The van der Waals surface area contributed by atoms with Gasteiger partial charge in [0.25, 0.3) is 0 Å². The minimum atomic E-state index is -0.182. The number of carbonyl (C=O) groups excluding carboxylic acids is 1. The van der Waals surface area contributed by atoms with Crippen LogP contribution in [-0.4, -0.2) is 18.8 Å². The van der Waals surface area contributed by atoms with E-state index >= 15 is 0 Å². The lowest BCUT2D eigenvalue weighted by molar-refractivity contribution is -0.121. The van der Waals surface area contributed by atoms with Gasteiger partial charge in [0.15, 0.2) is 0 Å². The highest BCUT2D eigenvalue weighted by Gasteiger charge is 2.16. The molecule has 0 aliphatic rings. The van der Waals surface area contributed by atoms with Gasteiger partial charge in [-0.1, -0.05) is 54.1 Å². The fraction of sp³-hybridized carbons (Fsp3) is 0.208. The molecule has 5 heteroatoms. The Hall–Kier alpha value is -2.43. The lowest BCUT2D eigenvalue weighted by Crippen LogP contribution is -2.29. The van der Waals surface area contributed by atoms with E-state index < -0.39 is 0 Å². The monoisotopic (exact) mass is 425 g/mol. The maximum Gasteiger partial charge on any atom is 0.220 e. The van der Waals surface area contributed by atoms with Crippen LogP contribution in [0.25, 0.3) is 0 Å². The fourth-order valence-electron chi connectivity index (χ4n) is 2.99. The normalized spacial score (nSPS) is 11.7. The summed E-state index contributed by atoms with van der Waals surface area (Å²) in [7, 11) is 1.65. The largest absolute Gasteiger partial charge is 0.497 e. The third-order valence-electron chi connectivity index (χ3n) is 4.52. The molecule has 0 bridgehead atoms. The number of thioether (sulfide) groups is 1. The van der Waals surface area contributed by atoms with Crippen LogP contribution in [0.5, 0.6) is 5.75 Å². The Morgan fingerprint density at radius 1 is 0.966 bits per heavy atom. The van der Waals surface area contributed by atoms with Crippen molar-refractivity contribution in [3.8, 4) is 5.75 Å². The number of nitrogens with one attached hydrogen (secondary N) is 1. The predicted molar refractivity (Wildman–Crippen MR) is 121 cm³/mol. The molecule has 29 heavy (non-hydrogen) atoms. The lowest BCUT2D eigenvalue weighted by atomic mass is 9.98. The Balaban J connectivity index is 1.58. The van der Waals surface area contributed by atoms with Crippen molar-refractivity contribution in [3.05, 3.63) is 95.0 Å². The standard InChI is InChI=1S/C24H24ClNO2S/c1-28-21-13-9-19(10-14-21)24(18-6-3-2-4-7-18)26-23(27)8-5-17-29-22-15-11-20(25)12-16-22/h2-4,6-7,9-16,24H,5,8,17H2,1H3,(H,26,27). The zero-order valence-electron chi connectivity index (χ0n) is 16.3. The minimum Gasteiger partial charge on any atom is -0.497 e. The van der Waals surface area contributed by atoms with E-state index in [1.54, 1.807) is 18.9 Å². The smallest absolute Gasteiger partial charge is 0.220 e. The van der Waals surface area contributed by atoms with Gasteiger partial charge in [-0.15, -0.1) is 11.8 Å². The highest BCUT2D eigenvalue weighted by atomic mass is 35.5. The second-order valence-electron chi connectivity index (χ2n) is 6.59. The van der Waals surface area contributed by atoms with E-state index in [0.29, 0.717) is 6.42 Å². The molecular formula is C24H24ClNO2S. The van der Waals surface area contributed by atoms with Crippen LogP contribution in [0.3, 0.4) is 0 Å². The third-order valence-corrected chi connectivity index (χ3v) is 5.87. The molecule has 1 atom stereocenters. The molecule has 0 aromatic heterocycles. The van der Waals surface area contributed by atoms with Crippen LogP contribution < -0.4 is 10.1 Å². The van der Waals surface area contributed by atoms with Gasteiger partial charge >= 0.3 is 0 Å². The van der Waals surface area contributed by atoms with E-state index in [1.807, 2.05) is 78.9 Å². The number of carbonyl (C=O) groups is 1. The second-order valence-corrected chi connectivity index (χ2v) is 8.20. The van der Waals surface area contributed by atoms with Gasteiger partial charge < -0.3 is 10.1 Å². The molecular weight excluding hydrogens is 402 g/mol. The Labute approximate surface area is 181 Å². The number of ether oxygens (including phenoxy) is 1. The van der Waals surface area contributed by atoms with Gasteiger partial charge in [0.05, 0.1) is 13.2 Å². The van der Waals surface area contributed by atoms with Crippen molar-refractivity contribution in [1.82, 2.24) is 5.32 Å². The van der Waals surface area contributed by atoms with Crippen molar-refractivity contribution in [2.24, 2.45) is 0 Å². The molecule has 1 amide bonds. The van der Waals surface area contributed by atoms with Crippen LogP contribution in [0.15, 0.2) is 83.8 Å². The minimum absolute atomic E-state index is 0.0476. The first-order valence-electron chi connectivity index (χ1n) is 9.52. The summed E-state index contributed by atoms with van der Waals surface area (Å²) >= 11 is 7.65. The van der Waals surface area contributed by atoms with Crippen molar-refractivity contribution < 1.29 is 9.53 Å². The highest BCUT2D eigenvalue weighted by molar-refractivity contribution is 7.99. The molecule has 3 aromatic rings. The molecule has 3 aromatic carbocycles. The van der Waals surface area contributed by atoms with Crippen LogP contribution in [0.4, 0.5) is 0 Å². The molecule has 0 heterocycles. The first-order chi connectivity index (χ1) is 14.2. The van der Waals surface area contributed by atoms with Crippen LogP contribution in [-0.2, 0) is 4.79 Å². The Bertz CT molecular complexity index is 898. The van der Waals surface area contributed by atoms with Crippen LogP contribution in [0.1, 0.15) is 30.0 Å². The topological polar surface area (TPSA) is 38.3 Å². The Morgan fingerprint density at radius 3 is 2.28 bits per heavy atom. The van der Waals surface area contributed by atoms with Crippen molar-refractivity contribution >= 4 is 29.3 Å². The summed E-state index contributed by atoms with van der Waals surface area (Å²) in [6, 6.07) is 25.4. The molecule has 0 fully saturated rings. The quantitative estimate of drug-likeness (QED) is 0.331. The summed E-state index contributed by atoms with van der Waals surface area (Å²) in [5, 5.41) is 3.92. The van der Waals surface area contributed by atoms with E-state index in [1.165, 1.54) is 0 Å². The van der Waals surface area contributed by atoms with Gasteiger partial charge in [-0.3, -0.25) is 4.79 Å². The third kappa shape index (κ3) is 6.55. The fourth-order valence-corrected chi connectivity index (χ4v) is 3.97. The summed E-state index contributed by atoms with van der Waals surface area (Å²) in [6.07, 6.45) is 1.29. The van der Waals surface area contributed by atoms with E-state index in [-0.39, 0.29) is 11.9 Å². The summed E-state index contributed by atoms with van der Waals surface area (Å²) in [6.45, 7) is 0. The van der Waals surface area contributed by atoms with E-state index in [4.69, 9.17) is 16.3 Å². The first-order valence-corrected chi connectivity index (χ1v) is 10.9. The molecule has 0 aliphatic heterocycles. The molecule has 0 saturated carbocycles. The number of benzene rings is 3. The van der Waals surface area contributed by atoms with Crippen LogP contribution in [0, 0.1) is 0 Å². The number of hydrogen-bond acceptors (Lipinski definition) is 3. The summed E-state index contributed by atoms with van der Waals surface area (Å²) in [5.41, 5.74) is 2.09. The van der Waals surface area contributed by atoms with Gasteiger partial charge in [-0.2, -0.15) is 0 Å². The molecule has 3 rings (SSSR count). The van der Waals surface area contributed by atoms with Gasteiger partial charge in [-0.05, 0) is 59.7 Å². The summed E-state index contributed by atoms with van der Waals surface area (Å²) in [4.78, 5) is 13.8. The van der Waals surface area contributed by atoms with Crippen LogP contribution in [0.2, 0.25) is 5.02 Å². The highest BCUT2D eigenvalue weighted by Crippen LogP contribution is 2.25. The van der Waals surface area contributed by atoms with Crippen LogP contribution >= 0.6 is 23.4 Å². The number of amides is 1.